The number of hydrogen-bond donors (Lipinski definition) is 2. The SMILES string of the molecule is C=CCc1cccc(C2C3=CCC4C(=O)N(CCC(=O)O)C(=O)C4C3CC3C(=O)C(c4ccccc4)=CC(=O)C32c2ccccc2)c1O. The molecule has 1 saturated carbocycles. The molecular formula is C40H35NO7. The summed E-state index contributed by atoms with van der Waals surface area (Å²) < 4.78 is 0. The number of imide groups is 1. The number of nitrogens with zero attached hydrogens (tertiary/aromatic N) is 1. The Balaban J connectivity index is 1.49. The number of hydrogen-bond acceptors (Lipinski definition) is 6. The van der Waals surface area contributed by atoms with Crippen LogP contribution in [0.4, 0.5) is 0 Å². The summed E-state index contributed by atoms with van der Waals surface area (Å²) in [5.74, 6) is -6.39. The Hall–Kier alpha value is -5.37. The van der Waals surface area contributed by atoms with E-state index in [2.05, 4.69) is 6.58 Å². The third kappa shape index (κ3) is 4.61. The summed E-state index contributed by atoms with van der Waals surface area (Å²) in [6, 6.07) is 23.6. The molecule has 7 rings (SSSR count). The number of likely N-dealkylation sites (tertiary alicyclic amines) is 1. The first-order valence-electron chi connectivity index (χ1n) is 16.3. The van der Waals surface area contributed by atoms with Crippen LogP contribution >= 0.6 is 0 Å². The van der Waals surface area contributed by atoms with Crippen molar-refractivity contribution in [3.8, 4) is 5.75 Å². The molecule has 8 nitrogen and oxygen atoms in total. The maximum atomic E-state index is 15.1. The number of carboxylic acid groups (broad SMARTS) is 1. The number of Topliss-reactive ketones (excluding diaryl/α,β-unsaturated/α-hetero) is 1. The first-order valence-corrected chi connectivity index (χ1v) is 16.3. The zero-order chi connectivity index (χ0) is 33.7. The number of carbonyl (C=O) groups excluding carboxylic acids is 4. The fraction of sp³-hybridized carbons (Fsp3) is 0.275. The fourth-order valence-electron chi connectivity index (χ4n) is 8.88. The van der Waals surface area contributed by atoms with Crippen LogP contribution in [0.1, 0.15) is 47.4 Å². The van der Waals surface area contributed by atoms with Crippen LogP contribution in [0.15, 0.2) is 109 Å². The van der Waals surface area contributed by atoms with Crippen LogP contribution in [-0.4, -0.2) is 51.0 Å². The Morgan fingerprint density at radius 3 is 2.31 bits per heavy atom. The van der Waals surface area contributed by atoms with E-state index in [4.69, 9.17) is 0 Å². The number of phenols is 1. The lowest BCUT2D eigenvalue weighted by molar-refractivity contribution is -0.142. The number of carboxylic acids is 1. The minimum Gasteiger partial charge on any atom is -0.507 e. The van der Waals surface area contributed by atoms with Crippen molar-refractivity contribution in [3.05, 3.63) is 131 Å². The van der Waals surface area contributed by atoms with Gasteiger partial charge in [-0.25, -0.2) is 0 Å². The maximum absolute atomic E-state index is 15.1. The molecule has 0 spiro atoms. The van der Waals surface area contributed by atoms with Gasteiger partial charge in [-0.3, -0.25) is 28.9 Å². The zero-order valence-electron chi connectivity index (χ0n) is 26.2. The molecule has 0 bridgehead atoms. The van der Waals surface area contributed by atoms with Gasteiger partial charge in [-0.15, -0.1) is 6.58 Å². The summed E-state index contributed by atoms with van der Waals surface area (Å²) in [7, 11) is 0. The van der Waals surface area contributed by atoms with E-state index in [0.29, 0.717) is 28.7 Å². The normalized spacial score (nSPS) is 27.8. The molecule has 3 aromatic carbocycles. The van der Waals surface area contributed by atoms with E-state index >= 15 is 4.79 Å². The van der Waals surface area contributed by atoms with Crippen molar-refractivity contribution in [2.75, 3.05) is 6.54 Å². The first kappa shape index (κ1) is 31.2. The average Bonchev–Trinajstić information content (AvgIpc) is 3.34. The van der Waals surface area contributed by atoms with Crippen LogP contribution in [0.5, 0.6) is 5.75 Å². The molecule has 2 fully saturated rings. The van der Waals surface area contributed by atoms with Gasteiger partial charge in [0.2, 0.25) is 11.8 Å². The number of fused-ring (bicyclic) bond motifs is 4. The van der Waals surface area contributed by atoms with Gasteiger partial charge in [0.15, 0.2) is 11.6 Å². The predicted molar refractivity (Wildman–Crippen MR) is 178 cm³/mol. The molecule has 8 heteroatoms. The summed E-state index contributed by atoms with van der Waals surface area (Å²) >= 11 is 0. The van der Waals surface area contributed by atoms with E-state index in [1.807, 2.05) is 48.5 Å². The summed E-state index contributed by atoms with van der Waals surface area (Å²) in [6.45, 7) is 3.61. The van der Waals surface area contributed by atoms with Crippen LogP contribution < -0.4 is 0 Å². The number of benzene rings is 3. The van der Waals surface area contributed by atoms with Gasteiger partial charge in [-0.05, 0) is 47.9 Å². The standard InChI is InChI=1S/C40H35NO7/c1-2-10-24-13-9-16-28(36(24)45)35-26-17-18-27-34(39(48)41(38(27)47)20-19-33(43)44)30(26)21-31-37(46)29(23-11-5-3-6-12-23)22-32(42)40(31,35)25-14-7-4-8-15-25/h2-9,11-17,22,27,30-31,34-35,45H,1,10,18-21H2,(H,43,44). The molecule has 6 unspecified atom stereocenters. The molecule has 0 aromatic heterocycles. The number of aliphatic carboxylic acids is 1. The van der Waals surface area contributed by atoms with Gasteiger partial charge in [0.25, 0.3) is 0 Å². The first-order chi connectivity index (χ1) is 23.2. The Morgan fingerprint density at radius 2 is 1.62 bits per heavy atom. The maximum Gasteiger partial charge on any atom is 0.305 e. The van der Waals surface area contributed by atoms with E-state index < -0.39 is 52.8 Å². The van der Waals surface area contributed by atoms with Crippen molar-refractivity contribution in [1.82, 2.24) is 4.90 Å². The number of para-hydroxylation sites is 1. The Labute approximate surface area is 278 Å². The number of allylic oxidation sites excluding steroid dienone is 5. The average molecular weight is 642 g/mol. The quantitative estimate of drug-likeness (QED) is 0.248. The highest BCUT2D eigenvalue weighted by Crippen LogP contribution is 2.64. The number of rotatable bonds is 8. The number of carbonyl (C=O) groups is 5. The molecule has 4 aliphatic rings. The molecule has 48 heavy (non-hydrogen) atoms. The largest absolute Gasteiger partial charge is 0.507 e. The molecule has 1 aliphatic heterocycles. The lowest BCUT2D eigenvalue weighted by atomic mass is 9.44. The van der Waals surface area contributed by atoms with Gasteiger partial charge in [-0.2, -0.15) is 0 Å². The highest BCUT2D eigenvalue weighted by Gasteiger charge is 2.66. The second-order valence-corrected chi connectivity index (χ2v) is 13.1. The Kier molecular flexibility index (Phi) is 7.82. The van der Waals surface area contributed by atoms with Crippen LogP contribution in [0.25, 0.3) is 5.57 Å². The number of ketones is 2. The zero-order valence-corrected chi connectivity index (χ0v) is 26.2. The summed E-state index contributed by atoms with van der Waals surface area (Å²) in [5, 5.41) is 21.2. The van der Waals surface area contributed by atoms with E-state index in [-0.39, 0.29) is 48.7 Å². The lowest BCUT2D eigenvalue weighted by Gasteiger charge is -2.55. The smallest absolute Gasteiger partial charge is 0.305 e. The Bertz CT molecular complexity index is 1930. The second kappa shape index (κ2) is 12.0. The molecule has 2 N–H and O–H groups in total. The molecule has 3 aliphatic carbocycles. The molecule has 2 amide bonds. The minimum absolute atomic E-state index is 0.00451. The van der Waals surface area contributed by atoms with Gasteiger partial charge < -0.3 is 10.2 Å². The predicted octanol–water partition coefficient (Wildman–Crippen LogP) is 5.42. The highest BCUT2D eigenvalue weighted by molar-refractivity contribution is 6.31. The fourth-order valence-corrected chi connectivity index (χ4v) is 8.88. The summed E-state index contributed by atoms with van der Waals surface area (Å²) in [4.78, 5) is 70.1. The van der Waals surface area contributed by atoms with Crippen molar-refractivity contribution in [3.63, 3.8) is 0 Å². The van der Waals surface area contributed by atoms with Crippen LogP contribution in [-0.2, 0) is 35.8 Å². The van der Waals surface area contributed by atoms with Crippen LogP contribution in [0, 0.1) is 23.7 Å². The molecule has 1 saturated heterocycles. The monoisotopic (exact) mass is 641 g/mol. The van der Waals surface area contributed by atoms with Gasteiger partial charge >= 0.3 is 5.97 Å². The molecule has 3 aromatic rings. The molecular weight excluding hydrogens is 606 g/mol. The number of aromatic hydroxyl groups is 1. The van der Waals surface area contributed by atoms with Crippen molar-refractivity contribution in [1.29, 1.82) is 0 Å². The van der Waals surface area contributed by atoms with Crippen molar-refractivity contribution >= 4 is 34.9 Å². The van der Waals surface area contributed by atoms with Crippen molar-refractivity contribution < 1.29 is 34.2 Å². The molecule has 6 atom stereocenters. The molecule has 0 radical (unpaired) electrons. The van der Waals surface area contributed by atoms with E-state index in [1.54, 1.807) is 42.5 Å². The molecule has 242 valence electrons. The second-order valence-electron chi connectivity index (χ2n) is 13.1. The third-order valence-electron chi connectivity index (χ3n) is 10.8. The lowest BCUT2D eigenvalue weighted by Crippen LogP contribution is -2.58. The van der Waals surface area contributed by atoms with E-state index in [0.717, 1.165) is 10.5 Å². The van der Waals surface area contributed by atoms with E-state index in [1.165, 1.54) is 6.08 Å². The number of amides is 2. The summed E-state index contributed by atoms with van der Waals surface area (Å²) in [6.07, 6.45) is 5.41. The Morgan fingerprint density at radius 1 is 0.917 bits per heavy atom. The van der Waals surface area contributed by atoms with Crippen LogP contribution in [0.2, 0.25) is 0 Å². The van der Waals surface area contributed by atoms with E-state index in [9.17, 15) is 29.4 Å². The number of phenolic OH excluding ortho intramolecular Hbond substituents is 1. The van der Waals surface area contributed by atoms with Gasteiger partial charge in [0.05, 0.1) is 23.7 Å². The molecule has 1 heterocycles. The van der Waals surface area contributed by atoms with Crippen molar-refractivity contribution in [2.24, 2.45) is 23.7 Å². The van der Waals surface area contributed by atoms with Crippen LogP contribution in [0.3, 0.4) is 0 Å². The highest BCUT2D eigenvalue weighted by atomic mass is 16.4. The van der Waals surface area contributed by atoms with Gasteiger partial charge in [0.1, 0.15) is 5.75 Å². The van der Waals surface area contributed by atoms with Gasteiger partial charge in [-0.1, -0.05) is 96.6 Å². The third-order valence-corrected chi connectivity index (χ3v) is 10.8. The topological polar surface area (TPSA) is 129 Å². The van der Waals surface area contributed by atoms with Gasteiger partial charge in [0, 0.05) is 29.5 Å². The summed E-state index contributed by atoms with van der Waals surface area (Å²) in [5.41, 5.74) is 1.90. The minimum atomic E-state index is -1.45. The van der Waals surface area contributed by atoms with Crippen molar-refractivity contribution in [2.45, 2.75) is 37.0 Å².